The highest BCUT2D eigenvalue weighted by Gasteiger charge is 2.40. The molecule has 2 rings (SSSR count). The predicted molar refractivity (Wildman–Crippen MR) is 122 cm³/mol. The van der Waals surface area contributed by atoms with Gasteiger partial charge in [0.05, 0.1) is 25.4 Å². The van der Waals surface area contributed by atoms with Crippen LogP contribution < -0.4 is 0 Å². The van der Waals surface area contributed by atoms with Crippen molar-refractivity contribution < 1.29 is 38.7 Å². The Kier molecular flexibility index (Phi) is 11.6. The lowest BCUT2D eigenvalue weighted by Crippen LogP contribution is -2.39. The molecule has 0 spiro atoms. The average Bonchev–Trinajstić information content (AvgIpc) is 2.79. The molecule has 2 saturated carbocycles. The van der Waals surface area contributed by atoms with Crippen LogP contribution >= 0.6 is 0 Å². The molecular weight excluding hydrogens is 428 g/mol. The predicted octanol–water partition coefficient (Wildman–Crippen LogP) is 3.01. The van der Waals surface area contributed by atoms with Gasteiger partial charge >= 0.3 is 11.9 Å². The topological polar surface area (TPSA) is 112 Å². The van der Waals surface area contributed by atoms with E-state index >= 15 is 0 Å². The van der Waals surface area contributed by atoms with Gasteiger partial charge in [-0.05, 0) is 68.6 Å². The zero-order valence-electron chi connectivity index (χ0n) is 20.8. The molecule has 0 radical (unpaired) electrons. The van der Waals surface area contributed by atoms with Gasteiger partial charge in [-0.3, -0.25) is 9.59 Å². The van der Waals surface area contributed by atoms with E-state index in [1.165, 1.54) is 13.8 Å². The van der Waals surface area contributed by atoms with Gasteiger partial charge in [-0.15, -0.1) is 0 Å². The second kappa shape index (κ2) is 13.6. The first-order chi connectivity index (χ1) is 15.6. The molecule has 2 atom stereocenters. The van der Waals surface area contributed by atoms with Crippen molar-refractivity contribution in [1.29, 1.82) is 0 Å². The van der Waals surface area contributed by atoms with Crippen molar-refractivity contribution in [1.82, 2.24) is 0 Å². The molecule has 0 heterocycles. The van der Waals surface area contributed by atoms with Gasteiger partial charge in [0.25, 0.3) is 0 Å². The van der Waals surface area contributed by atoms with E-state index in [1.807, 2.05) is 0 Å². The van der Waals surface area contributed by atoms with Gasteiger partial charge in [-0.25, -0.2) is 0 Å². The highest BCUT2D eigenvalue weighted by Crippen LogP contribution is 2.48. The lowest BCUT2D eigenvalue weighted by molar-refractivity contribution is -0.146. The zero-order chi connectivity index (χ0) is 24.4. The maximum Gasteiger partial charge on any atom is 0.302 e. The van der Waals surface area contributed by atoms with E-state index in [1.54, 1.807) is 0 Å². The Morgan fingerprint density at radius 1 is 0.697 bits per heavy atom. The van der Waals surface area contributed by atoms with E-state index in [2.05, 4.69) is 13.8 Å². The summed E-state index contributed by atoms with van der Waals surface area (Å²) in [5.74, 6) is 0.510. The van der Waals surface area contributed by atoms with Crippen molar-refractivity contribution in [2.75, 3.05) is 26.4 Å². The third-order valence-corrected chi connectivity index (χ3v) is 7.46. The average molecular weight is 473 g/mol. The van der Waals surface area contributed by atoms with E-state index < -0.39 is 24.1 Å². The first-order valence-electron chi connectivity index (χ1n) is 12.4. The summed E-state index contributed by atoms with van der Waals surface area (Å²) in [4.78, 5) is 21.7. The number of carbonyl (C=O) groups is 2. The van der Waals surface area contributed by atoms with Crippen LogP contribution in [0.1, 0.15) is 79.1 Å². The molecule has 0 amide bonds. The monoisotopic (exact) mass is 472 g/mol. The van der Waals surface area contributed by atoms with Gasteiger partial charge < -0.3 is 29.2 Å². The molecule has 0 aromatic heterocycles. The van der Waals surface area contributed by atoms with E-state index in [-0.39, 0.29) is 44.1 Å². The second-order valence-corrected chi connectivity index (χ2v) is 10.3. The molecule has 0 aromatic rings. The lowest BCUT2D eigenvalue weighted by Gasteiger charge is -2.46. The number of esters is 2. The van der Waals surface area contributed by atoms with Crippen LogP contribution in [0.4, 0.5) is 0 Å². The molecule has 192 valence electrons. The minimum atomic E-state index is -0.775. The smallest absolute Gasteiger partial charge is 0.302 e. The molecule has 2 aliphatic rings. The summed E-state index contributed by atoms with van der Waals surface area (Å²) in [6.07, 6.45) is 7.23. The minimum absolute atomic E-state index is 0.0186. The summed E-state index contributed by atoms with van der Waals surface area (Å²) in [5.41, 5.74) is 0.250. The van der Waals surface area contributed by atoms with Crippen LogP contribution in [-0.4, -0.2) is 73.0 Å². The fourth-order valence-corrected chi connectivity index (χ4v) is 5.30. The molecule has 2 fully saturated rings. The number of rotatable bonds is 12. The molecule has 8 heteroatoms. The molecule has 2 N–H and O–H groups in total. The van der Waals surface area contributed by atoms with Crippen LogP contribution in [-0.2, 0) is 28.5 Å². The summed E-state index contributed by atoms with van der Waals surface area (Å²) in [5, 5.41) is 19.7. The Balaban J connectivity index is 1.66. The van der Waals surface area contributed by atoms with Crippen LogP contribution in [0.5, 0.6) is 0 Å². The molecule has 0 aromatic carbocycles. The van der Waals surface area contributed by atoms with E-state index in [0.717, 1.165) is 51.4 Å². The van der Waals surface area contributed by atoms with Crippen molar-refractivity contribution in [3.8, 4) is 0 Å². The quantitative estimate of drug-likeness (QED) is 0.417. The van der Waals surface area contributed by atoms with E-state index in [0.29, 0.717) is 11.8 Å². The van der Waals surface area contributed by atoms with Crippen molar-refractivity contribution in [3.05, 3.63) is 0 Å². The molecule has 2 aliphatic carbocycles. The summed E-state index contributed by atoms with van der Waals surface area (Å²) in [6.45, 7) is 7.82. The van der Waals surface area contributed by atoms with Crippen molar-refractivity contribution >= 4 is 11.9 Å². The van der Waals surface area contributed by atoms with Crippen LogP contribution in [0.3, 0.4) is 0 Å². The zero-order valence-corrected chi connectivity index (χ0v) is 20.8. The maximum absolute atomic E-state index is 10.8. The van der Waals surface area contributed by atoms with E-state index in [9.17, 15) is 19.8 Å². The molecular formula is C25H44O8. The first kappa shape index (κ1) is 28.0. The van der Waals surface area contributed by atoms with Gasteiger partial charge in [0.1, 0.15) is 25.4 Å². The summed E-state index contributed by atoms with van der Waals surface area (Å²) in [7, 11) is 0. The molecule has 0 saturated heterocycles. The molecule has 2 unspecified atom stereocenters. The second-order valence-electron chi connectivity index (χ2n) is 10.3. The third-order valence-electron chi connectivity index (χ3n) is 7.46. The van der Waals surface area contributed by atoms with Crippen LogP contribution in [0.15, 0.2) is 0 Å². The summed E-state index contributed by atoms with van der Waals surface area (Å²) >= 11 is 0. The SMILES string of the molecule is CC(=O)OCC(O)COC1CCC(C(C)(C)C2CCC(OCC(O)COC(C)=O)CC2)CC1. The van der Waals surface area contributed by atoms with Crippen molar-refractivity contribution in [2.24, 2.45) is 17.3 Å². The minimum Gasteiger partial charge on any atom is -0.463 e. The number of ether oxygens (including phenoxy) is 4. The van der Waals surface area contributed by atoms with Gasteiger partial charge in [-0.2, -0.15) is 0 Å². The lowest BCUT2D eigenvalue weighted by atomic mass is 9.60. The Hall–Kier alpha value is -1.22. The number of aliphatic hydroxyl groups excluding tert-OH is 2. The largest absolute Gasteiger partial charge is 0.463 e. The van der Waals surface area contributed by atoms with Gasteiger partial charge in [0.2, 0.25) is 0 Å². The van der Waals surface area contributed by atoms with Crippen molar-refractivity contribution in [2.45, 2.75) is 103 Å². The highest BCUT2D eigenvalue weighted by atomic mass is 16.6. The first-order valence-corrected chi connectivity index (χ1v) is 12.4. The third kappa shape index (κ3) is 9.89. The van der Waals surface area contributed by atoms with Gasteiger partial charge in [0, 0.05) is 13.8 Å². The van der Waals surface area contributed by atoms with Crippen LogP contribution in [0, 0.1) is 17.3 Å². The van der Waals surface area contributed by atoms with E-state index in [4.69, 9.17) is 18.9 Å². The summed E-state index contributed by atoms with van der Waals surface area (Å²) in [6, 6.07) is 0. The Labute approximate surface area is 198 Å². The Morgan fingerprint density at radius 3 is 1.33 bits per heavy atom. The standard InChI is InChI=1S/C25H44O8/c1-17(26)30-13-21(28)15-32-23-9-5-19(6-10-23)25(3,4)20-7-11-24(12-8-20)33-16-22(29)14-31-18(2)27/h19-24,28-29H,5-16H2,1-4H3. The number of carbonyl (C=O) groups excluding carboxylic acids is 2. The molecule has 0 bridgehead atoms. The highest BCUT2D eigenvalue weighted by molar-refractivity contribution is 5.66. The fraction of sp³-hybridized carbons (Fsp3) is 0.920. The van der Waals surface area contributed by atoms with Crippen molar-refractivity contribution in [3.63, 3.8) is 0 Å². The number of hydrogen-bond donors (Lipinski definition) is 2. The molecule has 8 nitrogen and oxygen atoms in total. The molecule has 33 heavy (non-hydrogen) atoms. The van der Waals surface area contributed by atoms with Gasteiger partial charge in [-0.1, -0.05) is 13.8 Å². The Morgan fingerprint density at radius 2 is 1.03 bits per heavy atom. The van der Waals surface area contributed by atoms with Crippen LogP contribution in [0.25, 0.3) is 0 Å². The summed E-state index contributed by atoms with van der Waals surface area (Å²) < 4.78 is 21.4. The van der Waals surface area contributed by atoms with Crippen LogP contribution in [0.2, 0.25) is 0 Å². The number of aliphatic hydroxyl groups is 2. The molecule has 0 aliphatic heterocycles. The number of hydrogen-bond acceptors (Lipinski definition) is 8. The fourth-order valence-electron chi connectivity index (χ4n) is 5.30. The maximum atomic E-state index is 10.8. The Bertz CT molecular complexity index is 541. The normalized spacial score (nSPS) is 28.1. The van der Waals surface area contributed by atoms with Gasteiger partial charge in [0.15, 0.2) is 0 Å².